The third kappa shape index (κ3) is 9.59. The summed E-state index contributed by atoms with van der Waals surface area (Å²) in [6.45, 7) is 0.672. The SMILES string of the molecule is CC(NC(=O)C(N)CO)C(=O)NC(CCCCN)C(=O)NCC(=O)O. The predicted molar refractivity (Wildman–Crippen MR) is 88.1 cm³/mol. The van der Waals surface area contributed by atoms with E-state index in [4.69, 9.17) is 21.7 Å². The highest BCUT2D eigenvalue weighted by Crippen LogP contribution is 2.02. The van der Waals surface area contributed by atoms with E-state index in [0.717, 1.165) is 0 Å². The molecule has 11 nitrogen and oxygen atoms in total. The molecule has 3 atom stereocenters. The zero-order valence-corrected chi connectivity index (χ0v) is 14.2. The van der Waals surface area contributed by atoms with Crippen LogP contribution in [-0.4, -0.2) is 71.7 Å². The van der Waals surface area contributed by atoms with E-state index in [1.54, 1.807) is 0 Å². The number of nitrogens with one attached hydrogen (secondary N) is 3. The molecule has 0 aliphatic heterocycles. The van der Waals surface area contributed by atoms with Crippen molar-refractivity contribution in [1.29, 1.82) is 0 Å². The third-order valence-electron chi connectivity index (χ3n) is 3.28. The minimum atomic E-state index is -1.21. The second-order valence-electron chi connectivity index (χ2n) is 5.48. The lowest BCUT2D eigenvalue weighted by Gasteiger charge is -2.21. The van der Waals surface area contributed by atoms with Crippen LogP contribution in [0.3, 0.4) is 0 Å². The Balaban J connectivity index is 4.73. The van der Waals surface area contributed by atoms with Gasteiger partial charge in [0.2, 0.25) is 17.7 Å². The van der Waals surface area contributed by atoms with Gasteiger partial charge in [-0.05, 0) is 32.7 Å². The van der Waals surface area contributed by atoms with Crippen LogP contribution in [0.25, 0.3) is 0 Å². The van der Waals surface area contributed by atoms with Crippen molar-refractivity contribution in [2.75, 3.05) is 19.7 Å². The van der Waals surface area contributed by atoms with Gasteiger partial charge in [-0.15, -0.1) is 0 Å². The van der Waals surface area contributed by atoms with E-state index in [9.17, 15) is 19.2 Å². The Kier molecular flexibility index (Phi) is 11.1. The monoisotopic (exact) mass is 361 g/mol. The normalized spacial score (nSPS) is 14.1. The maximum absolute atomic E-state index is 12.1. The van der Waals surface area contributed by atoms with Crippen molar-refractivity contribution in [1.82, 2.24) is 16.0 Å². The fraction of sp³-hybridized carbons (Fsp3) is 0.714. The summed E-state index contributed by atoms with van der Waals surface area (Å²) in [6.07, 6.45) is 1.46. The Morgan fingerprint density at radius 3 is 2.20 bits per heavy atom. The molecule has 0 aromatic heterocycles. The topological polar surface area (TPSA) is 197 Å². The number of amides is 3. The molecule has 144 valence electrons. The third-order valence-corrected chi connectivity index (χ3v) is 3.28. The van der Waals surface area contributed by atoms with Crippen LogP contribution in [-0.2, 0) is 19.2 Å². The summed E-state index contributed by atoms with van der Waals surface area (Å²) in [5.74, 6) is -3.20. The minimum Gasteiger partial charge on any atom is -0.480 e. The fourth-order valence-electron chi connectivity index (χ4n) is 1.81. The highest BCUT2D eigenvalue weighted by Gasteiger charge is 2.25. The Morgan fingerprint density at radius 1 is 1.04 bits per heavy atom. The van der Waals surface area contributed by atoms with Gasteiger partial charge in [0.15, 0.2) is 0 Å². The number of aliphatic hydroxyl groups excluding tert-OH is 1. The molecule has 0 aliphatic rings. The van der Waals surface area contributed by atoms with Gasteiger partial charge in [0.05, 0.1) is 6.61 Å². The predicted octanol–water partition coefficient (Wildman–Crippen LogP) is -3.37. The molecule has 0 heterocycles. The number of carbonyl (C=O) groups is 4. The number of hydrogen-bond donors (Lipinski definition) is 7. The molecule has 0 aromatic carbocycles. The molecule has 0 rings (SSSR count). The average Bonchev–Trinajstić information content (AvgIpc) is 2.57. The average molecular weight is 361 g/mol. The number of nitrogens with two attached hydrogens (primary N) is 2. The van der Waals surface area contributed by atoms with Gasteiger partial charge in [-0.1, -0.05) is 0 Å². The zero-order valence-electron chi connectivity index (χ0n) is 14.2. The van der Waals surface area contributed by atoms with Crippen LogP contribution in [0, 0.1) is 0 Å². The maximum Gasteiger partial charge on any atom is 0.322 e. The van der Waals surface area contributed by atoms with Crippen molar-refractivity contribution in [2.24, 2.45) is 11.5 Å². The number of aliphatic carboxylic acids is 1. The van der Waals surface area contributed by atoms with Crippen molar-refractivity contribution >= 4 is 23.7 Å². The first-order valence-corrected chi connectivity index (χ1v) is 7.89. The lowest BCUT2D eigenvalue weighted by Crippen LogP contribution is -2.55. The standard InChI is InChI=1S/C14H27N5O6/c1-8(18-13(24)9(16)7-20)12(23)19-10(4-2-3-5-15)14(25)17-6-11(21)22/h8-10,20H,2-7,15-16H2,1H3,(H,17,25)(H,18,24)(H,19,23)(H,21,22). The number of carboxylic acid groups (broad SMARTS) is 1. The summed E-state index contributed by atoms with van der Waals surface area (Å²) >= 11 is 0. The van der Waals surface area contributed by atoms with Crippen molar-refractivity contribution in [2.45, 2.75) is 44.3 Å². The molecule has 3 amide bonds. The van der Waals surface area contributed by atoms with E-state index >= 15 is 0 Å². The van der Waals surface area contributed by atoms with E-state index in [1.165, 1.54) is 6.92 Å². The molecule has 0 fully saturated rings. The molecule has 3 unspecified atom stereocenters. The highest BCUT2D eigenvalue weighted by molar-refractivity contribution is 5.93. The Labute approximate surface area is 145 Å². The van der Waals surface area contributed by atoms with Gasteiger partial charge < -0.3 is 37.6 Å². The summed E-state index contributed by atoms with van der Waals surface area (Å²) in [4.78, 5) is 46.2. The number of rotatable bonds is 12. The molecule has 0 saturated heterocycles. The minimum absolute atomic E-state index is 0.269. The Bertz CT molecular complexity index is 473. The zero-order chi connectivity index (χ0) is 19.4. The molecule has 0 aliphatic carbocycles. The van der Waals surface area contributed by atoms with Crippen molar-refractivity contribution < 1.29 is 29.4 Å². The summed E-state index contributed by atoms with van der Waals surface area (Å²) in [5.41, 5.74) is 10.7. The highest BCUT2D eigenvalue weighted by atomic mass is 16.4. The first-order chi connectivity index (χ1) is 11.7. The van der Waals surface area contributed by atoms with E-state index in [-0.39, 0.29) is 6.42 Å². The van der Waals surface area contributed by atoms with Crippen molar-refractivity contribution in [3.63, 3.8) is 0 Å². The van der Waals surface area contributed by atoms with Crippen LogP contribution in [0.4, 0.5) is 0 Å². The first kappa shape index (κ1) is 22.8. The summed E-state index contributed by atoms with van der Waals surface area (Å²) in [5, 5.41) is 24.4. The number of carbonyl (C=O) groups excluding carboxylic acids is 3. The summed E-state index contributed by atoms with van der Waals surface area (Å²) in [6, 6.07) is -3.10. The Hall–Kier alpha value is -2.24. The van der Waals surface area contributed by atoms with Crippen LogP contribution in [0.2, 0.25) is 0 Å². The summed E-state index contributed by atoms with van der Waals surface area (Å²) in [7, 11) is 0. The Morgan fingerprint density at radius 2 is 1.68 bits per heavy atom. The largest absolute Gasteiger partial charge is 0.480 e. The van der Waals surface area contributed by atoms with Gasteiger partial charge in [-0.3, -0.25) is 19.2 Å². The van der Waals surface area contributed by atoms with E-state index in [2.05, 4.69) is 16.0 Å². The number of aliphatic hydroxyl groups is 1. The molecule has 0 bridgehead atoms. The van der Waals surface area contributed by atoms with E-state index < -0.39 is 55.0 Å². The lowest BCUT2D eigenvalue weighted by atomic mass is 10.1. The van der Waals surface area contributed by atoms with Gasteiger partial charge >= 0.3 is 5.97 Å². The quantitative estimate of drug-likeness (QED) is 0.175. The fourth-order valence-corrected chi connectivity index (χ4v) is 1.81. The van der Waals surface area contributed by atoms with Gasteiger partial charge in [0.1, 0.15) is 24.7 Å². The van der Waals surface area contributed by atoms with Crippen LogP contribution in [0.1, 0.15) is 26.2 Å². The van der Waals surface area contributed by atoms with Crippen LogP contribution >= 0.6 is 0 Å². The molecular weight excluding hydrogens is 334 g/mol. The number of hydrogen-bond acceptors (Lipinski definition) is 7. The number of carboxylic acids is 1. The lowest BCUT2D eigenvalue weighted by molar-refractivity contribution is -0.138. The smallest absolute Gasteiger partial charge is 0.322 e. The molecule has 0 spiro atoms. The van der Waals surface area contributed by atoms with Crippen LogP contribution < -0.4 is 27.4 Å². The molecule has 25 heavy (non-hydrogen) atoms. The molecule has 11 heteroatoms. The van der Waals surface area contributed by atoms with E-state index in [0.29, 0.717) is 19.4 Å². The molecule has 0 radical (unpaired) electrons. The van der Waals surface area contributed by atoms with Crippen LogP contribution in [0.15, 0.2) is 0 Å². The van der Waals surface area contributed by atoms with Gasteiger partial charge in [-0.2, -0.15) is 0 Å². The molecule has 0 saturated carbocycles. The van der Waals surface area contributed by atoms with Gasteiger partial charge in [0.25, 0.3) is 0 Å². The summed E-state index contributed by atoms with van der Waals surface area (Å²) < 4.78 is 0. The van der Waals surface area contributed by atoms with Crippen molar-refractivity contribution in [3.05, 3.63) is 0 Å². The van der Waals surface area contributed by atoms with Crippen LogP contribution in [0.5, 0.6) is 0 Å². The second-order valence-corrected chi connectivity index (χ2v) is 5.48. The molecule has 0 aromatic rings. The van der Waals surface area contributed by atoms with Crippen molar-refractivity contribution in [3.8, 4) is 0 Å². The van der Waals surface area contributed by atoms with Gasteiger partial charge in [-0.25, -0.2) is 0 Å². The molecule has 9 N–H and O–H groups in total. The second kappa shape index (κ2) is 12.2. The van der Waals surface area contributed by atoms with E-state index in [1.807, 2.05) is 0 Å². The molecular formula is C14H27N5O6. The van der Waals surface area contributed by atoms with Gasteiger partial charge in [0, 0.05) is 0 Å². The maximum atomic E-state index is 12.1. The first-order valence-electron chi connectivity index (χ1n) is 7.89. The number of unbranched alkanes of at least 4 members (excludes halogenated alkanes) is 1.